The van der Waals surface area contributed by atoms with Crippen LogP contribution in [0, 0.1) is 11.7 Å². The summed E-state index contributed by atoms with van der Waals surface area (Å²) in [6.07, 6.45) is 0.897. The number of methoxy groups -OCH3 is 1. The Morgan fingerprint density at radius 1 is 1.03 bits per heavy atom. The van der Waals surface area contributed by atoms with Gasteiger partial charge in [0, 0.05) is 5.56 Å². The highest BCUT2D eigenvalue weighted by molar-refractivity contribution is 9.10. The molecule has 0 saturated carbocycles. The van der Waals surface area contributed by atoms with Gasteiger partial charge in [-0.1, -0.05) is 13.8 Å². The van der Waals surface area contributed by atoms with Crippen molar-refractivity contribution in [1.82, 2.24) is 10.9 Å². The third-order valence-corrected chi connectivity index (χ3v) is 4.57. The second kappa shape index (κ2) is 11.4. The summed E-state index contributed by atoms with van der Waals surface area (Å²) < 4.78 is 29.7. The Balaban J connectivity index is 1.86. The number of rotatable bonds is 9. The Morgan fingerprint density at radius 2 is 1.77 bits per heavy atom. The van der Waals surface area contributed by atoms with E-state index in [9.17, 15) is 14.0 Å². The summed E-state index contributed by atoms with van der Waals surface area (Å²) in [5, 5.41) is 0. The molecule has 0 saturated heterocycles. The van der Waals surface area contributed by atoms with Crippen molar-refractivity contribution in [3.63, 3.8) is 0 Å². The fourth-order valence-electron chi connectivity index (χ4n) is 2.30. The number of halogens is 2. The number of carbonyl (C=O) groups excluding carboxylic acids is 2. The van der Waals surface area contributed by atoms with E-state index in [1.165, 1.54) is 31.4 Å². The second-order valence-electron chi connectivity index (χ2n) is 6.76. The van der Waals surface area contributed by atoms with Crippen LogP contribution in [0.3, 0.4) is 0 Å². The van der Waals surface area contributed by atoms with Gasteiger partial charge in [0.1, 0.15) is 11.6 Å². The molecular formula is C21H24BrFN2O5. The van der Waals surface area contributed by atoms with Crippen LogP contribution in [0.15, 0.2) is 40.9 Å². The summed E-state index contributed by atoms with van der Waals surface area (Å²) in [4.78, 5) is 24.2. The highest BCUT2D eigenvalue weighted by Gasteiger charge is 2.13. The van der Waals surface area contributed by atoms with Crippen molar-refractivity contribution in [3.8, 4) is 17.2 Å². The number of hydrogen-bond acceptors (Lipinski definition) is 5. The molecule has 7 nitrogen and oxygen atoms in total. The Labute approximate surface area is 183 Å². The standard InChI is InChI=1S/C21H24BrFN2O5/c1-13(2)8-9-29-18-6-4-14(10-19(18)28-3)21(27)25-24-20(26)12-30-17-7-5-15(23)11-16(17)22/h4-7,10-11,13H,8-9,12H2,1-3H3,(H,24,26)(H,25,27). The minimum atomic E-state index is -0.583. The first kappa shape index (κ1) is 23.5. The highest BCUT2D eigenvalue weighted by Crippen LogP contribution is 2.28. The molecule has 0 bridgehead atoms. The van der Waals surface area contributed by atoms with E-state index in [-0.39, 0.29) is 12.2 Å². The van der Waals surface area contributed by atoms with Crippen LogP contribution >= 0.6 is 15.9 Å². The van der Waals surface area contributed by atoms with Gasteiger partial charge in [-0.05, 0) is 64.7 Å². The normalized spacial score (nSPS) is 10.5. The molecule has 2 rings (SSSR count). The molecule has 0 atom stereocenters. The summed E-state index contributed by atoms with van der Waals surface area (Å²) in [6.45, 7) is 4.38. The summed E-state index contributed by atoms with van der Waals surface area (Å²) in [5.41, 5.74) is 4.84. The van der Waals surface area contributed by atoms with Gasteiger partial charge in [0.2, 0.25) is 0 Å². The van der Waals surface area contributed by atoms with Crippen LogP contribution in [0.5, 0.6) is 17.2 Å². The first-order valence-electron chi connectivity index (χ1n) is 9.28. The van der Waals surface area contributed by atoms with Crippen LogP contribution < -0.4 is 25.1 Å². The number of ether oxygens (including phenoxy) is 3. The number of hydrogen-bond donors (Lipinski definition) is 2. The molecular weight excluding hydrogens is 459 g/mol. The van der Waals surface area contributed by atoms with Gasteiger partial charge in [-0.2, -0.15) is 0 Å². The molecule has 0 radical (unpaired) electrons. The van der Waals surface area contributed by atoms with Crippen LogP contribution in [0.4, 0.5) is 4.39 Å². The average molecular weight is 483 g/mol. The van der Waals surface area contributed by atoms with E-state index in [0.717, 1.165) is 6.42 Å². The van der Waals surface area contributed by atoms with Gasteiger partial charge in [-0.15, -0.1) is 0 Å². The lowest BCUT2D eigenvalue weighted by Gasteiger charge is -2.13. The van der Waals surface area contributed by atoms with Crippen molar-refractivity contribution in [2.24, 2.45) is 5.92 Å². The Bertz CT molecular complexity index is 892. The van der Waals surface area contributed by atoms with Crippen molar-refractivity contribution in [2.45, 2.75) is 20.3 Å². The van der Waals surface area contributed by atoms with Crippen LogP contribution in [-0.4, -0.2) is 32.1 Å². The van der Waals surface area contributed by atoms with Gasteiger partial charge in [-0.3, -0.25) is 20.4 Å². The Morgan fingerprint density at radius 3 is 2.43 bits per heavy atom. The van der Waals surface area contributed by atoms with Gasteiger partial charge in [0.05, 0.1) is 18.2 Å². The first-order valence-corrected chi connectivity index (χ1v) is 10.1. The minimum absolute atomic E-state index is 0.283. The third-order valence-electron chi connectivity index (χ3n) is 3.95. The number of benzene rings is 2. The molecule has 162 valence electrons. The zero-order valence-electron chi connectivity index (χ0n) is 17.0. The maximum absolute atomic E-state index is 13.1. The molecule has 0 aromatic heterocycles. The largest absolute Gasteiger partial charge is 0.493 e. The number of amides is 2. The predicted molar refractivity (Wildman–Crippen MR) is 113 cm³/mol. The zero-order chi connectivity index (χ0) is 22.1. The van der Waals surface area contributed by atoms with Gasteiger partial charge >= 0.3 is 0 Å². The maximum atomic E-state index is 13.1. The second-order valence-corrected chi connectivity index (χ2v) is 7.62. The highest BCUT2D eigenvalue weighted by atomic mass is 79.9. The van der Waals surface area contributed by atoms with E-state index in [4.69, 9.17) is 14.2 Å². The molecule has 0 unspecified atom stereocenters. The van der Waals surface area contributed by atoms with Gasteiger partial charge in [0.25, 0.3) is 11.8 Å². The van der Waals surface area contributed by atoms with E-state index >= 15 is 0 Å². The van der Waals surface area contributed by atoms with E-state index in [2.05, 4.69) is 40.6 Å². The molecule has 0 aliphatic heterocycles. The van der Waals surface area contributed by atoms with Gasteiger partial charge < -0.3 is 14.2 Å². The molecule has 2 N–H and O–H groups in total. The maximum Gasteiger partial charge on any atom is 0.276 e. The predicted octanol–water partition coefficient (Wildman–Crippen LogP) is 3.86. The van der Waals surface area contributed by atoms with Crippen LogP contribution in [0.2, 0.25) is 0 Å². The number of hydrazine groups is 1. The number of carbonyl (C=O) groups is 2. The van der Waals surface area contributed by atoms with E-state index in [0.29, 0.717) is 34.2 Å². The minimum Gasteiger partial charge on any atom is -0.493 e. The van der Waals surface area contributed by atoms with Gasteiger partial charge in [-0.25, -0.2) is 4.39 Å². The fourth-order valence-corrected chi connectivity index (χ4v) is 2.77. The lowest BCUT2D eigenvalue weighted by Crippen LogP contribution is -2.43. The van der Waals surface area contributed by atoms with Crippen LogP contribution in [0.25, 0.3) is 0 Å². The third kappa shape index (κ3) is 7.22. The van der Waals surface area contributed by atoms with Crippen molar-refractivity contribution in [3.05, 3.63) is 52.3 Å². The molecule has 2 amide bonds. The van der Waals surface area contributed by atoms with E-state index in [1.807, 2.05) is 0 Å². The molecule has 0 fully saturated rings. The molecule has 2 aromatic rings. The van der Waals surface area contributed by atoms with E-state index in [1.54, 1.807) is 12.1 Å². The van der Waals surface area contributed by atoms with Crippen molar-refractivity contribution in [2.75, 3.05) is 20.3 Å². The molecule has 9 heteroatoms. The SMILES string of the molecule is COc1cc(C(=O)NNC(=O)COc2ccc(F)cc2Br)ccc1OCCC(C)C. The van der Waals surface area contributed by atoms with E-state index < -0.39 is 17.6 Å². The Hall–Kier alpha value is -2.81. The van der Waals surface area contributed by atoms with Crippen molar-refractivity contribution in [1.29, 1.82) is 0 Å². The molecule has 0 spiro atoms. The Kier molecular flexibility index (Phi) is 8.91. The fraction of sp³-hybridized carbons (Fsp3) is 0.333. The lowest BCUT2D eigenvalue weighted by atomic mass is 10.1. The summed E-state index contributed by atoms with van der Waals surface area (Å²) in [6, 6.07) is 8.56. The zero-order valence-corrected chi connectivity index (χ0v) is 18.5. The average Bonchev–Trinajstić information content (AvgIpc) is 2.71. The summed E-state index contributed by atoms with van der Waals surface area (Å²) in [7, 11) is 1.49. The smallest absolute Gasteiger partial charge is 0.276 e. The van der Waals surface area contributed by atoms with Crippen LogP contribution in [0.1, 0.15) is 30.6 Å². The van der Waals surface area contributed by atoms with Crippen molar-refractivity contribution < 1.29 is 28.2 Å². The topological polar surface area (TPSA) is 85.9 Å². The first-order chi connectivity index (χ1) is 14.3. The number of nitrogens with one attached hydrogen (secondary N) is 2. The molecule has 30 heavy (non-hydrogen) atoms. The molecule has 0 aliphatic carbocycles. The summed E-state index contributed by atoms with van der Waals surface area (Å²) >= 11 is 3.14. The molecule has 2 aromatic carbocycles. The lowest BCUT2D eigenvalue weighted by molar-refractivity contribution is -0.123. The van der Waals surface area contributed by atoms with Crippen LogP contribution in [-0.2, 0) is 4.79 Å². The molecule has 0 heterocycles. The van der Waals surface area contributed by atoms with Gasteiger partial charge in [0.15, 0.2) is 18.1 Å². The quantitative estimate of drug-likeness (QED) is 0.530. The summed E-state index contributed by atoms with van der Waals surface area (Å²) in [5.74, 6) is 0.226. The van der Waals surface area contributed by atoms with Crippen molar-refractivity contribution >= 4 is 27.7 Å². The monoisotopic (exact) mass is 482 g/mol. The molecule has 0 aliphatic rings.